The number of esters is 2. The number of carbonyl (C=O) groups excluding carboxylic acids is 2. The molecule has 3 aliphatic heterocycles. The van der Waals surface area contributed by atoms with Gasteiger partial charge in [0.05, 0.1) is 47.6 Å². The number of hydrogen-bond acceptors (Lipinski definition) is 16. The van der Waals surface area contributed by atoms with Crippen molar-refractivity contribution in [3.05, 3.63) is 0 Å². The molecule has 0 aromatic heterocycles. The Kier molecular flexibility index (Phi) is 18.0. The third-order valence-electron chi connectivity index (χ3n) is 13.0. The van der Waals surface area contributed by atoms with Crippen LogP contribution in [-0.2, 0) is 42.7 Å². The Balaban J connectivity index is 2.26. The molecular formula is C42H78N2O14. The minimum Gasteiger partial charge on any atom is -0.459 e. The molecule has 3 heterocycles. The third-order valence-corrected chi connectivity index (χ3v) is 13.0. The monoisotopic (exact) mass is 835 g/mol. The molecule has 0 aliphatic carbocycles. The number of methoxy groups -OCH3 is 1. The first-order chi connectivity index (χ1) is 26.8. The normalized spacial score (nSPS) is 46.2. The van der Waals surface area contributed by atoms with Gasteiger partial charge < -0.3 is 68.5 Å². The van der Waals surface area contributed by atoms with Crippen molar-refractivity contribution in [2.45, 2.75) is 205 Å². The molecular weight excluding hydrogens is 756 g/mol. The van der Waals surface area contributed by atoms with Gasteiger partial charge >= 0.3 is 11.9 Å². The molecule has 58 heavy (non-hydrogen) atoms. The number of carbonyl (C=O) groups is 2. The average Bonchev–Trinajstić information content (AvgIpc) is 3.14. The van der Waals surface area contributed by atoms with Crippen LogP contribution in [0, 0.1) is 17.8 Å². The Morgan fingerprint density at radius 1 is 0.966 bits per heavy atom. The summed E-state index contributed by atoms with van der Waals surface area (Å²) in [5.41, 5.74) is -4.56. The van der Waals surface area contributed by atoms with Gasteiger partial charge in [0.15, 0.2) is 18.7 Å². The number of hydrogen-bond donors (Lipinski definition) is 5. The van der Waals surface area contributed by atoms with E-state index in [1.165, 1.54) is 21.0 Å². The average molecular weight is 835 g/mol. The van der Waals surface area contributed by atoms with Crippen LogP contribution in [-0.4, -0.2) is 178 Å². The summed E-state index contributed by atoms with van der Waals surface area (Å²) in [6.07, 6.45) is -9.94. The molecule has 0 unspecified atom stereocenters. The van der Waals surface area contributed by atoms with E-state index in [1.54, 1.807) is 41.5 Å². The number of likely N-dealkylation sites (N-methyl/N-ethyl adjacent to an activating group) is 2. The van der Waals surface area contributed by atoms with Crippen LogP contribution >= 0.6 is 0 Å². The summed E-state index contributed by atoms with van der Waals surface area (Å²) in [7, 11) is 7.02. The second-order valence-corrected chi connectivity index (χ2v) is 18.5. The zero-order chi connectivity index (χ0) is 44.2. The van der Waals surface area contributed by atoms with Gasteiger partial charge in [-0.15, -0.1) is 0 Å². The van der Waals surface area contributed by atoms with Crippen LogP contribution < -0.4 is 0 Å². The van der Waals surface area contributed by atoms with Crippen molar-refractivity contribution in [1.29, 1.82) is 0 Å². The van der Waals surface area contributed by atoms with Crippen LogP contribution in [0.25, 0.3) is 0 Å². The van der Waals surface area contributed by atoms with E-state index in [-0.39, 0.29) is 37.3 Å². The summed E-state index contributed by atoms with van der Waals surface area (Å²) in [6, 6.07) is -0.969. The lowest BCUT2D eigenvalue weighted by atomic mass is 9.77. The molecule has 3 saturated heterocycles. The molecule has 0 amide bonds. The van der Waals surface area contributed by atoms with Gasteiger partial charge in [-0.2, -0.15) is 0 Å². The molecule has 3 aliphatic rings. The van der Waals surface area contributed by atoms with Crippen LogP contribution in [0.2, 0.25) is 0 Å². The number of cyclic esters (lactones) is 1. The highest BCUT2D eigenvalue weighted by Gasteiger charge is 2.53. The van der Waals surface area contributed by atoms with Crippen molar-refractivity contribution in [3.63, 3.8) is 0 Å². The van der Waals surface area contributed by atoms with Gasteiger partial charge in [-0.05, 0) is 101 Å². The Morgan fingerprint density at radius 3 is 2.12 bits per heavy atom. The fraction of sp³-hybridized carbons (Fsp3) is 0.952. The Hall–Kier alpha value is -1.54. The molecule has 340 valence electrons. The quantitative estimate of drug-likeness (QED) is 0.200. The molecule has 16 heteroatoms. The molecule has 0 radical (unpaired) electrons. The van der Waals surface area contributed by atoms with Crippen molar-refractivity contribution in [3.8, 4) is 0 Å². The fourth-order valence-electron chi connectivity index (χ4n) is 9.25. The van der Waals surface area contributed by atoms with Crippen LogP contribution in [0.15, 0.2) is 0 Å². The van der Waals surface area contributed by atoms with E-state index in [0.717, 1.165) is 0 Å². The summed E-state index contributed by atoms with van der Waals surface area (Å²) in [4.78, 5) is 31.1. The maximum atomic E-state index is 14.4. The molecule has 0 aromatic rings. The molecule has 3 rings (SSSR count). The standard InChI is InChI=1S/C42H78N2O14/c1-16-29-35(47)41(10,52-15)20-31(54-29)56-32-24(5)36(58-39-33(57-38(49)27(8)45)28(43(12)13)18-23(4)53-39)40(9,50)19-22(3)21-44(14)26(7)34(46)42(11,51)30(17-2)55-37(48)25(32)6/h22-36,39,45-47,50-51H,16-21H2,1-15H3/t22-,23-,24+,25-,26-,27-,28+,29+,30-,31+,32+,33-,34-,35+,36-,39+,40-,41-,42-/m1/s1. The predicted octanol–water partition coefficient (Wildman–Crippen LogP) is 2.22. The highest BCUT2D eigenvalue weighted by molar-refractivity contribution is 5.74. The number of aliphatic hydroxyl groups is 5. The maximum absolute atomic E-state index is 14.4. The van der Waals surface area contributed by atoms with Crippen molar-refractivity contribution >= 4 is 11.9 Å². The first-order valence-electron chi connectivity index (χ1n) is 21.2. The molecule has 0 saturated carbocycles. The van der Waals surface area contributed by atoms with Crippen molar-refractivity contribution in [2.24, 2.45) is 17.8 Å². The second-order valence-electron chi connectivity index (χ2n) is 18.5. The van der Waals surface area contributed by atoms with E-state index in [9.17, 15) is 35.1 Å². The minimum absolute atomic E-state index is 0.0962. The van der Waals surface area contributed by atoms with Gasteiger partial charge in [0, 0.05) is 32.0 Å². The number of aliphatic hydroxyl groups excluding tert-OH is 3. The lowest BCUT2D eigenvalue weighted by molar-refractivity contribution is -0.320. The van der Waals surface area contributed by atoms with E-state index in [0.29, 0.717) is 19.4 Å². The molecule has 3 fully saturated rings. The Morgan fingerprint density at radius 2 is 1.59 bits per heavy atom. The number of rotatable bonds is 10. The summed E-state index contributed by atoms with van der Waals surface area (Å²) in [5, 5.41) is 57.5. The van der Waals surface area contributed by atoms with Crippen LogP contribution in [0.4, 0.5) is 0 Å². The van der Waals surface area contributed by atoms with Gasteiger partial charge in [-0.3, -0.25) is 4.79 Å². The summed E-state index contributed by atoms with van der Waals surface area (Å²) in [6.45, 7) is 19.3. The zero-order valence-corrected chi connectivity index (χ0v) is 37.8. The summed E-state index contributed by atoms with van der Waals surface area (Å²) >= 11 is 0. The van der Waals surface area contributed by atoms with E-state index >= 15 is 0 Å². The van der Waals surface area contributed by atoms with Crippen LogP contribution in [0.1, 0.15) is 108 Å². The number of ether oxygens (including phenoxy) is 7. The van der Waals surface area contributed by atoms with E-state index in [2.05, 4.69) is 0 Å². The third kappa shape index (κ3) is 11.7. The van der Waals surface area contributed by atoms with E-state index in [1.807, 2.05) is 51.7 Å². The summed E-state index contributed by atoms with van der Waals surface area (Å²) < 4.78 is 44.2. The van der Waals surface area contributed by atoms with Crippen molar-refractivity contribution < 1.29 is 68.3 Å². The molecule has 0 bridgehead atoms. The fourth-order valence-corrected chi connectivity index (χ4v) is 9.25. The SMILES string of the molecule is CC[C@@H]1O[C@@H](O[C@H]2[C@H](C)[C@@H](O[C@@H]3O[C@H](C)C[C@H](N(C)C)[C@H]3OC(=O)[C@@H](C)O)[C@](C)(O)C[C@@H](C)CN(C)[C@H](C)[C@@H](O)[C@](C)(O)[C@@H](CC)OC(=O)[C@@H]2C)C[C@@](C)(OC)[C@H]1O. The molecule has 16 nitrogen and oxygen atoms in total. The highest BCUT2D eigenvalue weighted by Crippen LogP contribution is 2.41. The minimum atomic E-state index is -1.84. The van der Waals surface area contributed by atoms with E-state index < -0.39 is 108 Å². The largest absolute Gasteiger partial charge is 0.459 e. The Bertz CT molecular complexity index is 1320. The predicted molar refractivity (Wildman–Crippen MR) is 214 cm³/mol. The van der Waals surface area contributed by atoms with Crippen LogP contribution in [0.5, 0.6) is 0 Å². The maximum Gasteiger partial charge on any atom is 0.335 e. The van der Waals surface area contributed by atoms with Gasteiger partial charge in [-0.1, -0.05) is 27.7 Å². The topological polar surface area (TPSA) is 206 Å². The summed E-state index contributed by atoms with van der Waals surface area (Å²) in [5.74, 6) is -3.71. The number of nitrogens with zero attached hydrogens (tertiary/aromatic N) is 2. The molecule has 0 aromatic carbocycles. The highest BCUT2D eigenvalue weighted by atomic mass is 16.7. The van der Waals surface area contributed by atoms with Gasteiger partial charge in [0.2, 0.25) is 0 Å². The van der Waals surface area contributed by atoms with Crippen molar-refractivity contribution in [2.75, 3.05) is 34.8 Å². The van der Waals surface area contributed by atoms with E-state index in [4.69, 9.17) is 33.2 Å². The second kappa shape index (κ2) is 20.6. The molecule has 19 atom stereocenters. The van der Waals surface area contributed by atoms with Gasteiger partial charge in [0.25, 0.3) is 0 Å². The lowest BCUT2D eigenvalue weighted by Crippen LogP contribution is -2.61. The smallest absolute Gasteiger partial charge is 0.335 e. The molecule has 5 N–H and O–H groups in total. The lowest BCUT2D eigenvalue weighted by Gasteiger charge is -2.49. The van der Waals surface area contributed by atoms with Crippen LogP contribution in [0.3, 0.4) is 0 Å². The van der Waals surface area contributed by atoms with Gasteiger partial charge in [-0.25, -0.2) is 4.79 Å². The zero-order valence-electron chi connectivity index (χ0n) is 37.8. The molecule has 0 spiro atoms. The van der Waals surface area contributed by atoms with Crippen molar-refractivity contribution in [1.82, 2.24) is 9.80 Å². The first kappa shape index (κ1) is 50.8. The Labute approximate surface area is 346 Å². The van der Waals surface area contributed by atoms with Gasteiger partial charge in [0.1, 0.15) is 30.0 Å². The first-order valence-corrected chi connectivity index (χ1v) is 21.2.